The van der Waals surface area contributed by atoms with Gasteiger partial charge in [0.1, 0.15) is 5.82 Å². The Hall–Kier alpha value is -1.81. The third-order valence-corrected chi connectivity index (χ3v) is 3.08. The van der Waals surface area contributed by atoms with Gasteiger partial charge < -0.3 is 10.5 Å². The highest BCUT2D eigenvalue weighted by molar-refractivity contribution is 6.30. The summed E-state index contributed by atoms with van der Waals surface area (Å²) in [6.07, 6.45) is 0.681. The molecule has 0 spiro atoms. The first-order valence-corrected chi connectivity index (χ1v) is 6.23. The van der Waals surface area contributed by atoms with Gasteiger partial charge in [0.05, 0.1) is 18.5 Å². The number of ether oxygens (including phenoxy) is 1. The Bertz CT molecular complexity index is 617. The van der Waals surface area contributed by atoms with Crippen LogP contribution in [0.1, 0.15) is 12.6 Å². The summed E-state index contributed by atoms with van der Waals surface area (Å²) < 4.78 is 19.1. The molecule has 0 aliphatic rings. The van der Waals surface area contributed by atoms with E-state index in [1.807, 2.05) is 6.92 Å². The molecule has 19 heavy (non-hydrogen) atoms. The molecule has 0 bridgehead atoms. The Morgan fingerprint density at radius 1 is 1.32 bits per heavy atom. The van der Waals surface area contributed by atoms with Gasteiger partial charge in [0, 0.05) is 16.1 Å². The molecule has 1 aromatic carbocycles. The third kappa shape index (κ3) is 2.63. The number of anilines is 1. The van der Waals surface area contributed by atoms with Crippen LogP contribution in [0.3, 0.4) is 0 Å². The molecule has 0 amide bonds. The van der Waals surface area contributed by atoms with Gasteiger partial charge in [0.15, 0.2) is 0 Å². The second-order valence-electron chi connectivity index (χ2n) is 4.06. The van der Waals surface area contributed by atoms with Crippen molar-refractivity contribution in [2.45, 2.75) is 13.3 Å². The molecule has 0 fully saturated rings. The minimum atomic E-state index is -0.395. The Morgan fingerprint density at radius 3 is 2.68 bits per heavy atom. The van der Waals surface area contributed by atoms with Crippen LogP contribution in [0.4, 0.5) is 10.1 Å². The summed E-state index contributed by atoms with van der Waals surface area (Å²) in [5.74, 6) is -0.0552. The number of benzene rings is 1. The SMILES string of the molecule is CCc1nc(OC)c(-c2cc(Cl)ccc2F)cc1N. The molecule has 2 aromatic rings. The van der Waals surface area contributed by atoms with E-state index in [9.17, 15) is 4.39 Å². The summed E-state index contributed by atoms with van der Waals surface area (Å²) in [5, 5.41) is 0.441. The van der Waals surface area contributed by atoms with Gasteiger partial charge in [0.2, 0.25) is 5.88 Å². The van der Waals surface area contributed by atoms with Crippen LogP contribution in [-0.2, 0) is 6.42 Å². The van der Waals surface area contributed by atoms with E-state index in [1.54, 1.807) is 6.07 Å². The Labute approximate surface area is 116 Å². The highest BCUT2D eigenvalue weighted by atomic mass is 35.5. The van der Waals surface area contributed by atoms with Crippen molar-refractivity contribution in [2.75, 3.05) is 12.8 Å². The molecule has 1 heterocycles. The van der Waals surface area contributed by atoms with E-state index in [0.717, 1.165) is 5.69 Å². The van der Waals surface area contributed by atoms with Crippen molar-refractivity contribution >= 4 is 17.3 Å². The lowest BCUT2D eigenvalue weighted by molar-refractivity contribution is 0.398. The van der Waals surface area contributed by atoms with Crippen LogP contribution < -0.4 is 10.5 Å². The minimum Gasteiger partial charge on any atom is -0.481 e. The molecule has 100 valence electrons. The average Bonchev–Trinajstić information content (AvgIpc) is 2.41. The molecule has 0 atom stereocenters. The maximum absolute atomic E-state index is 13.9. The Kier molecular flexibility index (Phi) is 3.90. The summed E-state index contributed by atoms with van der Waals surface area (Å²) in [7, 11) is 1.49. The molecule has 5 heteroatoms. The highest BCUT2D eigenvalue weighted by Crippen LogP contribution is 2.34. The van der Waals surface area contributed by atoms with Gasteiger partial charge in [0.25, 0.3) is 0 Å². The Balaban J connectivity index is 2.67. The molecule has 0 aliphatic heterocycles. The molecule has 0 saturated heterocycles. The lowest BCUT2D eigenvalue weighted by Gasteiger charge is -2.12. The number of halogens is 2. The summed E-state index contributed by atoms with van der Waals surface area (Å²) in [6, 6.07) is 5.99. The molecular weight excluding hydrogens is 267 g/mol. The molecule has 0 saturated carbocycles. The molecule has 1 aromatic heterocycles. The molecule has 0 radical (unpaired) electrons. The largest absolute Gasteiger partial charge is 0.481 e. The summed E-state index contributed by atoms with van der Waals surface area (Å²) in [6.45, 7) is 1.94. The lowest BCUT2D eigenvalue weighted by atomic mass is 10.0. The second-order valence-corrected chi connectivity index (χ2v) is 4.50. The first kappa shape index (κ1) is 13.6. The zero-order valence-electron chi connectivity index (χ0n) is 10.7. The maximum Gasteiger partial charge on any atom is 0.221 e. The standard InChI is InChI=1S/C14H14ClFN2O/c1-3-13-12(17)7-10(14(18-13)19-2)9-6-8(15)4-5-11(9)16/h4-7H,3,17H2,1-2H3. The first-order chi connectivity index (χ1) is 9.06. The summed E-state index contributed by atoms with van der Waals surface area (Å²) in [4.78, 5) is 4.30. The highest BCUT2D eigenvalue weighted by Gasteiger charge is 2.15. The van der Waals surface area contributed by atoms with Gasteiger partial charge in [-0.25, -0.2) is 9.37 Å². The molecule has 0 unspecified atom stereocenters. The van der Waals surface area contributed by atoms with Gasteiger partial charge in [-0.15, -0.1) is 0 Å². The number of nitrogens with zero attached hydrogens (tertiary/aromatic N) is 1. The van der Waals surface area contributed by atoms with E-state index in [0.29, 0.717) is 34.1 Å². The minimum absolute atomic E-state index is 0.325. The van der Waals surface area contributed by atoms with Gasteiger partial charge in [-0.3, -0.25) is 0 Å². The van der Waals surface area contributed by atoms with E-state index in [1.165, 1.54) is 25.3 Å². The van der Waals surface area contributed by atoms with Crippen molar-refractivity contribution in [2.24, 2.45) is 0 Å². The zero-order valence-corrected chi connectivity index (χ0v) is 11.5. The van der Waals surface area contributed by atoms with Gasteiger partial charge in [-0.1, -0.05) is 18.5 Å². The Morgan fingerprint density at radius 2 is 2.05 bits per heavy atom. The number of rotatable bonds is 3. The van der Waals surface area contributed by atoms with Crippen molar-refractivity contribution in [1.82, 2.24) is 4.98 Å². The predicted octanol–water partition coefficient (Wildman–Crippen LogP) is 3.69. The van der Waals surface area contributed by atoms with Gasteiger partial charge >= 0.3 is 0 Å². The van der Waals surface area contributed by atoms with E-state index < -0.39 is 5.82 Å². The fraction of sp³-hybridized carbons (Fsp3) is 0.214. The molecule has 2 rings (SSSR count). The van der Waals surface area contributed by atoms with Crippen molar-refractivity contribution in [1.29, 1.82) is 0 Å². The normalized spacial score (nSPS) is 10.5. The quantitative estimate of drug-likeness (QED) is 0.933. The topological polar surface area (TPSA) is 48.1 Å². The number of nitrogen functional groups attached to an aromatic ring is 1. The summed E-state index contributed by atoms with van der Waals surface area (Å²) in [5.41, 5.74) is 7.97. The van der Waals surface area contributed by atoms with Gasteiger partial charge in [-0.2, -0.15) is 0 Å². The zero-order chi connectivity index (χ0) is 14.0. The fourth-order valence-electron chi connectivity index (χ4n) is 1.88. The van der Waals surface area contributed by atoms with E-state index in [4.69, 9.17) is 22.1 Å². The number of nitrogens with two attached hydrogens (primary N) is 1. The lowest BCUT2D eigenvalue weighted by Crippen LogP contribution is -2.02. The molecular formula is C14H14ClFN2O. The van der Waals surface area contributed by atoms with Crippen LogP contribution in [0.15, 0.2) is 24.3 Å². The maximum atomic E-state index is 13.9. The predicted molar refractivity (Wildman–Crippen MR) is 75.0 cm³/mol. The van der Waals surface area contributed by atoms with Crippen LogP contribution in [-0.4, -0.2) is 12.1 Å². The van der Waals surface area contributed by atoms with Crippen molar-refractivity contribution in [3.8, 4) is 17.0 Å². The van der Waals surface area contributed by atoms with Crippen LogP contribution in [0.25, 0.3) is 11.1 Å². The van der Waals surface area contributed by atoms with Crippen LogP contribution in [0.5, 0.6) is 5.88 Å². The van der Waals surface area contributed by atoms with Crippen LogP contribution >= 0.6 is 11.6 Å². The van der Waals surface area contributed by atoms with Gasteiger partial charge in [-0.05, 0) is 30.7 Å². The van der Waals surface area contributed by atoms with E-state index >= 15 is 0 Å². The summed E-state index contributed by atoms with van der Waals surface area (Å²) >= 11 is 5.90. The van der Waals surface area contributed by atoms with Crippen molar-refractivity contribution < 1.29 is 9.13 Å². The number of aryl methyl sites for hydroxylation is 1. The number of methoxy groups -OCH3 is 1. The van der Waals surface area contributed by atoms with E-state index in [-0.39, 0.29) is 0 Å². The van der Waals surface area contributed by atoms with Crippen LogP contribution in [0, 0.1) is 5.82 Å². The number of pyridine rings is 1. The van der Waals surface area contributed by atoms with Crippen LogP contribution in [0.2, 0.25) is 5.02 Å². The van der Waals surface area contributed by atoms with Crippen molar-refractivity contribution in [3.05, 3.63) is 40.8 Å². The third-order valence-electron chi connectivity index (χ3n) is 2.85. The molecule has 3 nitrogen and oxygen atoms in total. The number of hydrogen-bond acceptors (Lipinski definition) is 3. The van der Waals surface area contributed by atoms with Crippen molar-refractivity contribution in [3.63, 3.8) is 0 Å². The van der Waals surface area contributed by atoms with E-state index in [2.05, 4.69) is 4.98 Å². The first-order valence-electron chi connectivity index (χ1n) is 5.85. The second kappa shape index (κ2) is 5.45. The number of aromatic nitrogens is 1. The number of hydrogen-bond donors (Lipinski definition) is 1. The average molecular weight is 281 g/mol. The molecule has 2 N–H and O–H groups in total. The molecule has 0 aliphatic carbocycles. The monoisotopic (exact) mass is 280 g/mol. The fourth-order valence-corrected chi connectivity index (χ4v) is 2.06. The smallest absolute Gasteiger partial charge is 0.221 e.